The summed E-state index contributed by atoms with van der Waals surface area (Å²) in [7, 11) is 0. The van der Waals surface area contributed by atoms with E-state index >= 15 is 0 Å². The summed E-state index contributed by atoms with van der Waals surface area (Å²) in [5, 5.41) is 0. The van der Waals surface area contributed by atoms with Crippen LogP contribution in [0.15, 0.2) is 171 Å². The molecule has 0 aliphatic heterocycles. The molecular formula is C46H40Bi2O8. The van der Waals surface area contributed by atoms with E-state index in [0.717, 1.165) is 13.1 Å². The molecule has 0 unspecified atom stereocenters. The second-order valence-electron chi connectivity index (χ2n) is 12.7. The van der Waals surface area contributed by atoms with Crippen molar-refractivity contribution in [2.24, 2.45) is 0 Å². The van der Waals surface area contributed by atoms with Gasteiger partial charge >= 0.3 is 346 Å². The number of hydrogen-bond acceptors (Lipinski definition) is 8. The van der Waals surface area contributed by atoms with E-state index in [1.165, 1.54) is 6.54 Å². The fourth-order valence-corrected chi connectivity index (χ4v) is 22.9. The van der Waals surface area contributed by atoms with Crippen molar-refractivity contribution in [3.05, 3.63) is 193 Å². The molecule has 0 amide bonds. The van der Waals surface area contributed by atoms with Gasteiger partial charge in [-0.2, -0.15) is 0 Å². The van der Waals surface area contributed by atoms with Crippen molar-refractivity contribution in [3.8, 4) is 0 Å². The average molecular weight is 1140 g/mol. The Balaban J connectivity index is 1.56. The first kappa shape index (κ1) is 41.9. The summed E-state index contributed by atoms with van der Waals surface area (Å²) >= 11 is -6.09. The quantitative estimate of drug-likeness (QED) is 0.0624. The van der Waals surface area contributed by atoms with Crippen LogP contribution in [0.3, 0.4) is 0 Å². The molecule has 5 rings (SSSR count). The number of benzene rings is 5. The van der Waals surface area contributed by atoms with Crippen molar-refractivity contribution in [3.63, 3.8) is 0 Å². The van der Waals surface area contributed by atoms with Gasteiger partial charge in [-0.05, 0) is 0 Å². The van der Waals surface area contributed by atoms with Crippen molar-refractivity contribution in [2.45, 2.75) is 27.7 Å². The van der Waals surface area contributed by atoms with Crippen LogP contribution in [0.5, 0.6) is 0 Å². The Hall–Kier alpha value is -5.29. The van der Waals surface area contributed by atoms with Crippen molar-refractivity contribution >= 4 is 87.0 Å². The fraction of sp³-hybridized carbons (Fsp3) is 0.0870. The van der Waals surface area contributed by atoms with Gasteiger partial charge < -0.3 is 0 Å². The minimum atomic E-state index is -3.05. The molecule has 56 heavy (non-hydrogen) atoms. The van der Waals surface area contributed by atoms with Crippen LogP contribution in [0.25, 0.3) is 0 Å². The molecule has 0 aromatic heterocycles. The summed E-state index contributed by atoms with van der Waals surface area (Å²) in [4.78, 5) is 50.5. The van der Waals surface area contributed by atoms with Crippen LogP contribution >= 0.6 is 0 Å². The number of ether oxygens (including phenoxy) is 4. The van der Waals surface area contributed by atoms with Gasteiger partial charge in [0.2, 0.25) is 0 Å². The number of carbonyl (C=O) groups excluding carboxylic acids is 4. The second-order valence-corrected chi connectivity index (χ2v) is 30.0. The Kier molecular flexibility index (Phi) is 14.2. The molecule has 0 N–H and O–H groups in total. The van der Waals surface area contributed by atoms with Gasteiger partial charge in [-0.3, -0.25) is 0 Å². The van der Waals surface area contributed by atoms with E-state index in [9.17, 15) is 19.2 Å². The topological polar surface area (TPSA) is 105 Å². The fourth-order valence-electron chi connectivity index (χ4n) is 5.50. The molecule has 0 saturated heterocycles. The Labute approximate surface area is 343 Å². The molecule has 282 valence electrons. The number of hydrogen-bond donors (Lipinski definition) is 0. The third kappa shape index (κ3) is 10.9. The first-order chi connectivity index (χ1) is 26.7. The Morgan fingerprint density at radius 1 is 0.321 bits per heavy atom. The molecule has 5 aromatic rings. The number of allylic oxidation sites excluding steroid dienone is 4. The first-order valence-electron chi connectivity index (χ1n) is 17.3. The van der Waals surface area contributed by atoms with E-state index in [4.69, 9.17) is 18.9 Å². The SMILES string of the molecule is C=C(C)OC(=O)c1cc[c]([Bi]([c]2ccc(C(=O)OC(=C)C)cc2)[c]2cc[c]([Bi]([c]3ccc(C(=O)OC(=C)C)cc3)[c]3ccc(C(=O)OC(=C)C)cc3)cc2)cc1. The van der Waals surface area contributed by atoms with Gasteiger partial charge in [0.15, 0.2) is 0 Å². The third-order valence-electron chi connectivity index (χ3n) is 7.88. The Morgan fingerprint density at radius 3 is 0.607 bits per heavy atom. The molecule has 8 nitrogen and oxygen atoms in total. The molecule has 0 aliphatic rings. The van der Waals surface area contributed by atoms with Gasteiger partial charge in [0, 0.05) is 0 Å². The van der Waals surface area contributed by atoms with Crippen LogP contribution in [0.1, 0.15) is 69.1 Å². The van der Waals surface area contributed by atoms with Crippen LogP contribution in [-0.4, -0.2) is 67.4 Å². The predicted molar refractivity (Wildman–Crippen MR) is 222 cm³/mol. The summed E-state index contributed by atoms with van der Waals surface area (Å²) in [5.41, 5.74) is 1.68. The normalized spacial score (nSPS) is 10.7. The number of esters is 4. The van der Waals surface area contributed by atoms with Crippen LogP contribution in [0, 0.1) is 0 Å². The molecule has 5 aromatic carbocycles. The molecule has 0 fully saturated rings. The second kappa shape index (κ2) is 19.0. The standard InChI is InChI=1S/4C10H9O2.C6H4.2Bi/c4*1-8(2)12-10(11)9-6-4-3-5-7-9;1-2-4-6-5-3-1;;/h4*4-7H,1H2,2H3;1-2,5-6H;;. The van der Waals surface area contributed by atoms with Crippen molar-refractivity contribution in [1.29, 1.82) is 0 Å². The van der Waals surface area contributed by atoms with Crippen LogP contribution in [0.4, 0.5) is 0 Å². The van der Waals surface area contributed by atoms with Crippen LogP contribution < -0.4 is 19.6 Å². The Bertz CT molecular complexity index is 2000. The van der Waals surface area contributed by atoms with E-state index in [2.05, 4.69) is 50.6 Å². The summed E-state index contributed by atoms with van der Waals surface area (Å²) in [6.45, 7) is 21.2. The summed E-state index contributed by atoms with van der Waals surface area (Å²) in [6.07, 6.45) is 0. The minimum absolute atomic E-state index is 0.312. The zero-order valence-corrected chi connectivity index (χ0v) is 38.5. The molecular weight excluding hydrogens is 1100 g/mol. The monoisotopic (exact) mass is 1140 g/mol. The molecule has 0 saturated carbocycles. The van der Waals surface area contributed by atoms with Gasteiger partial charge in [0.25, 0.3) is 0 Å². The van der Waals surface area contributed by atoms with Crippen molar-refractivity contribution in [2.75, 3.05) is 0 Å². The first-order valence-corrected chi connectivity index (χ1v) is 27.7. The number of carbonyl (C=O) groups is 4. The molecule has 0 aliphatic carbocycles. The van der Waals surface area contributed by atoms with Gasteiger partial charge in [-0.1, -0.05) is 0 Å². The predicted octanol–water partition coefficient (Wildman–Crippen LogP) is 5.48. The summed E-state index contributed by atoms with van der Waals surface area (Å²) in [5.74, 6) is -0.642. The third-order valence-corrected chi connectivity index (χ3v) is 26.9. The number of rotatable bonds is 14. The van der Waals surface area contributed by atoms with Gasteiger partial charge in [0.1, 0.15) is 0 Å². The molecule has 0 radical (unpaired) electrons. The summed E-state index contributed by atoms with van der Waals surface area (Å²) < 4.78 is 27.7. The van der Waals surface area contributed by atoms with E-state index in [1.807, 2.05) is 48.5 Å². The zero-order chi connectivity index (χ0) is 40.5. The van der Waals surface area contributed by atoms with E-state index in [1.54, 1.807) is 76.2 Å². The van der Waals surface area contributed by atoms with Gasteiger partial charge in [-0.25, -0.2) is 0 Å². The van der Waals surface area contributed by atoms with Crippen molar-refractivity contribution < 1.29 is 38.1 Å². The maximum absolute atomic E-state index is 12.6. The maximum atomic E-state index is 12.6. The van der Waals surface area contributed by atoms with E-state index in [-0.39, 0.29) is 0 Å². The van der Waals surface area contributed by atoms with Gasteiger partial charge in [-0.15, -0.1) is 0 Å². The molecule has 0 heterocycles. The molecule has 0 atom stereocenters. The summed E-state index contributed by atoms with van der Waals surface area (Å²) in [6, 6.07) is 38.7. The molecule has 10 heteroatoms. The van der Waals surface area contributed by atoms with Gasteiger partial charge in [0.05, 0.1) is 0 Å². The molecule has 0 bridgehead atoms. The van der Waals surface area contributed by atoms with E-state index < -0.39 is 67.4 Å². The van der Waals surface area contributed by atoms with Crippen molar-refractivity contribution in [1.82, 2.24) is 0 Å². The average Bonchev–Trinajstić information content (AvgIpc) is 3.15. The van der Waals surface area contributed by atoms with Crippen LogP contribution in [-0.2, 0) is 18.9 Å². The zero-order valence-electron chi connectivity index (χ0n) is 31.5. The Morgan fingerprint density at radius 2 is 0.464 bits per heavy atom. The van der Waals surface area contributed by atoms with E-state index in [0.29, 0.717) is 45.3 Å². The van der Waals surface area contributed by atoms with Crippen LogP contribution in [0.2, 0.25) is 0 Å². The molecule has 0 spiro atoms.